The molecule has 1 rings (SSSR count). The fourth-order valence-corrected chi connectivity index (χ4v) is 1.58. The Bertz CT molecular complexity index is 301. The van der Waals surface area contributed by atoms with Crippen LogP contribution in [-0.4, -0.2) is 13.7 Å². The van der Waals surface area contributed by atoms with Gasteiger partial charge in [-0.1, -0.05) is 19.1 Å². The van der Waals surface area contributed by atoms with Crippen LogP contribution in [0.25, 0.3) is 0 Å². The second kappa shape index (κ2) is 5.27. The van der Waals surface area contributed by atoms with Gasteiger partial charge in [-0.25, -0.2) is 0 Å². The molecule has 0 aliphatic carbocycles. The van der Waals surface area contributed by atoms with E-state index in [-0.39, 0.29) is 5.25 Å². The van der Waals surface area contributed by atoms with E-state index in [1.54, 1.807) is 7.11 Å². The summed E-state index contributed by atoms with van der Waals surface area (Å²) < 4.78 is 5.25. The molecule has 0 saturated heterocycles. The largest absolute Gasteiger partial charge is 0.496 e. The maximum absolute atomic E-state index is 5.56. The third-order valence-electron chi connectivity index (χ3n) is 2.29. The van der Waals surface area contributed by atoms with Crippen LogP contribution in [0.1, 0.15) is 23.3 Å². The van der Waals surface area contributed by atoms with Crippen LogP contribution in [0, 0.1) is 0 Å². The van der Waals surface area contributed by atoms with E-state index in [4.69, 9.17) is 10.5 Å². The topological polar surface area (TPSA) is 35.2 Å². The molecule has 0 heterocycles. The average molecular weight is 211 g/mol. The Morgan fingerprint density at radius 1 is 1.50 bits per heavy atom. The van der Waals surface area contributed by atoms with Crippen molar-refractivity contribution in [2.24, 2.45) is 5.73 Å². The Hall–Kier alpha value is -0.670. The zero-order valence-electron chi connectivity index (χ0n) is 8.66. The molecule has 1 unspecified atom stereocenters. The summed E-state index contributed by atoms with van der Waals surface area (Å²) in [5.74, 6) is 0.939. The molecule has 0 fully saturated rings. The van der Waals surface area contributed by atoms with Crippen molar-refractivity contribution in [3.8, 4) is 5.75 Å². The van der Waals surface area contributed by atoms with Crippen molar-refractivity contribution < 1.29 is 4.74 Å². The number of aryl methyl sites for hydroxylation is 1. The first-order valence-electron chi connectivity index (χ1n) is 4.77. The van der Waals surface area contributed by atoms with Gasteiger partial charge >= 0.3 is 0 Å². The molecule has 14 heavy (non-hydrogen) atoms. The molecule has 1 aromatic rings. The Labute approximate surface area is 90.9 Å². The molecular formula is C11H17NOS. The van der Waals surface area contributed by atoms with Crippen LogP contribution in [0.15, 0.2) is 18.2 Å². The lowest BCUT2D eigenvalue weighted by Gasteiger charge is -2.12. The van der Waals surface area contributed by atoms with Crippen molar-refractivity contribution in [3.63, 3.8) is 0 Å². The highest BCUT2D eigenvalue weighted by molar-refractivity contribution is 7.80. The van der Waals surface area contributed by atoms with Gasteiger partial charge in [-0.2, -0.15) is 12.6 Å². The number of benzene rings is 1. The van der Waals surface area contributed by atoms with E-state index in [9.17, 15) is 0 Å². The number of ether oxygens (including phenoxy) is 1. The summed E-state index contributed by atoms with van der Waals surface area (Å²) >= 11 is 4.40. The molecule has 0 bridgehead atoms. The molecule has 2 N–H and O–H groups in total. The minimum absolute atomic E-state index is 0.117. The maximum atomic E-state index is 5.56. The highest BCUT2D eigenvalue weighted by Crippen LogP contribution is 2.25. The molecule has 1 aromatic carbocycles. The quantitative estimate of drug-likeness (QED) is 0.749. The van der Waals surface area contributed by atoms with Crippen molar-refractivity contribution in [3.05, 3.63) is 29.3 Å². The normalized spacial score (nSPS) is 12.6. The fraction of sp³-hybridized carbons (Fsp3) is 0.455. The summed E-state index contributed by atoms with van der Waals surface area (Å²) in [5, 5.41) is 0.117. The van der Waals surface area contributed by atoms with E-state index in [1.807, 2.05) is 12.1 Å². The molecule has 78 valence electrons. The number of methoxy groups -OCH3 is 1. The third kappa shape index (κ3) is 2.42. The molecule has 0 aliphatic heterocycles. The zero-order chi connectivity index (χ0) is 10.6. The monoisotopic (exact) mass is 211 g/mol. The molecule has 3 heteroatoms. The summed E-state index contributed by atoms with van der Waals surface area (Å²) in [4.78, 5) is 0. The van der Waals surface area contributed by atoms with Crippen molar-refractivity contribution in [2.45, 2.75) is 18.6 Å². The lowest BCUT2D eigenvalue weighted by atomic mass is 10.1. The van der Waals surface area contributed by atoms with Gasteiger partial charge in [-0.3, -0.25) is 0 Å². The number of hydrogen-bond acceptors (Lipinski definition) is 3. The van der Waals surface area contributed by atoms with Crippen molar-refractivity contribution in [1.82, 2.24) is 0 Å². The lowest BCUT2D eigenvalue weighted by Crippen LogP contribution is -2.07. The van der Waals surface area contributed by atoms with Crippen LogP contribution >= 0.6 is 12.6 Å². The summed E-state index contributed by atoms with van der Waals surface area (Å²) in [6.07, 6.45) is 0.960. The van der Waals surface area contributed by atoms with Gasteiger partial charge in [0.25, 0.3) is 0 Å². The van der Waals surface area contributed by atoms with E-state index in [1.165, 1.54) is 5.56 Å². The Morgan fingerprint density at radius 2 is 2.21 bits per heavy atom. The summed E-state index contributed by atoms with van der Waals surface area (Å²) in [6, 6.07) is 6.11. The minimum atomic E-state index is 0.117. The first-order chi connectivity index (χ1) is 6.72. The van der Waals surface area contributed by atoms with Gasteiger partial charge in [0.05, 0.1) is 7.11 Å². The fourth-order valence-electron chi connectivity index (χ4n) is 1.42. The van der Waals surface area contributed by atoms with Gasteiger partial charge in [0.2, 0.25) is 0 Å². The maximum Gasteiger partial charge on any atom is 0.122 e. The van der Waals surface area contributed by atoms with Gasteiger partial charge in [0.1, 0.15) is 5.75 Å². The molecule has 0 radical (unpaired) electrons. The van der Waals surface area contributed by atoms with Gasteiger partial charge in [0.15, 0.2) is 0 Å². The van der Waals surface area contributed by atoms with E-state index in [0.717, 1.165) is 17.7 Å². The standard InChI is InChI=1S/C11H17NOS/c1-3-8-6-9(11(14)7-12)4-5-10(8)13-2/h4-6,11,14H,3,7,12H2,1-2H3. The van der Waals surface area contributed by atoms with Gasteiger partial charge < -0.3 is 10.5 Å². The molecule has 0 spiro atoms. The Kier molecular flexibility index (Phi) is 4.29. The Morgan fingerprint density at radius 3 is 2.71 bits per heavy atom. The average Bonchev–Trinajstić information content (AvgIpc) is 2.26. The molecule has 0 aliphatic rings. The summed E-state index contributed by atoms with van der Waals surface area (Å²) in [6.45, 7) is 2.66. The molecule has 0 aromatic heterocycles. The molecule has 1 atom stereocenters. The van der Waals surface area contributed by atoms with Crippen molar-refractivity contribution in [2.75, 3.05) is 13.7 Å². The lowest BCUT2D eigenvalue weighted by molar-refractivity contribution is 0.410. The Balaban J connectivity index is 3.01. The van der Waals surface area contributed by atoms with E-state index < -0.39 is 0 Å². The highest BCUT2D eigenvalue weighted by Gasteiger charge is 2.07. The number of nitrogens with two attached hydrogens (primary N) is 1. The van der Waals surface area contributed by atoms with Crippen LogP contribution < -0.4 is 10.5 Å². The van der Waals surface area contributed by atoms with E-state index in [0.29, 0.717) is 6.54 Å². The second-order valence-corrected chi connectivity index (χ2v) is 3.80. The van der Waals surface area contributed by atoms with Crippen LogP contribution in [0.4, 0.5) is 0 Å². The summed E-state index contributed by atoms with van der Waals surface area (Å²) in [5.41, 5.74) is 7.93. The van der Waals surface area contributed by atoms with Gasteiger partial charge in [0, 0.05) is 11.8 Å². The van der Waals surface area contributed by atoms with Crippen molar-refractivity contribution >= 4 is 12.6 Å². The molecule has 0 saturated carbocycles. The zero-order valence-corrected chi connectivity index (χ0v) is 9.55. The first kappa shape index (κ1) is 11.4. The predicted molar refractivity (Wildman–Crippen MR) is 63.2 cm³/mol. The van der Waals surface area contributed by atoms with Crippen LogP contribution in [0.5, 0.6) is 5.75 Å². The molecule has 0 amide bonds. The number of thiol groups is 1. The number of rotatable bonds is 4. The van der Waals surface area contributed by atoms with E-state index >= 15 is 0 Å². The third-order valence-corrected chi connectivity index (χ3v) is 2.80. The van der Waals surface area contributed by atoms with Crippen LogP contribution in [0.2, 0.25) is 0 Å². The first-order valence-corrected chi connectivity index (χ1v) is 5.29. The van der Waals surface area contributed by atoms with Crippen LogP contribution in [0.3, 0.4) is 0 Å². The smallest absolute Gasteiger partial charge is 0.122 e. The predicted octanol–water partition coefficient (Wildman–Crippen LogP) is 2.19. The van der Waals surface area contributed by atoms with Crippen molar-refractivity contribution in [1.29, 1.82) is 0 Å². The molecular weight excluding hydrogens is 194 g/mol. The van der Waals surface area contributed by atoms with Gasteiger partial charge in [-0.15, -0.1) is 0 Å². The number of hydrogen-bond donors (Lipinski definition) is 2. The second-order valence-electron chi connectivity index (χ2n) is 3.18. The van der Waals surface area contributed by atoms with Gasteiger partial charge in [-0.05, 0) is 23.6 Å². The SMILES string of the molecule is CCc1cc(C(S)CN)ccc1OC. The minimum Gasteiger partial charge on any atom is -0.496 e. The van der Waals surface area contributed by atoms with Crippen LogP contribution in [-0.2, 0) is 6.42 Å². The highest BCUT2D eigenvalue weighted by atomic mass is 32.1. The summed E-state index contributed by atoms with van der Waals surface area (Å²) in [7, 11) is 1.69. The molecule has 2 nitrogen and oxygen atoms in total. The van der Waals surface area contributed by atoms with E-state index in [2.05, 4.69) is 25.6 Å².